The van der Waals surface area contributed by atoms with Crippen LogP contribution in [0.2, 0.25) is 0 Å². The number of nitrogens with one attached hydrogen (secondary N) is 3. The number of hydrogen-bond donors (Lipinski definition) is 3. The number of rotatable bonds is 7. The van der Waals surface area contributed by atoms with Crippen molar-refractivity contribution < 1.29 is 41.1 Å². The molecule has 2 aliphatic carbocycles. The molecule has 6 atom stereocenters. The largest absolute Gasteiger partial charge is 0.471 e. The van der Waals surface area contributed by atoms with Crippen molar-refractivity contribution in [3.63, 3.8) is 0 Å². The number of carbonyl (C=O) groups is 4. The summed E-state index contributed by atoms with van der Waals surface area (Å²) in [7, 11) is 0. The Labute approximate surface area is 228 Å². The number of carbonyl (C=O) groups excluding carboxylic acids is 4. The maximum atomic E-state index is 13.8. The number of amides is 4. The quantitative estimate of drug-likeness (QED) is 0.401. The van der Waals surface area contributed by atoms with Crippen LogP contribution in [0.15, 0.2) is 0 Å². The van der Waals surface area contributed by atoms with Gasteiger partial charge in [0.1, 0.15) is 18.1 Å². The monoisotopic (exact) mass is 575 g/mol. The Morgan fingerprint density at radius 2 is 1.73 bits per heavy atom. The van der Waals surface area contributed by atoms with Crippen molar-refractivity contribution in [1.82, 2.24) is 20.9 Å². The minimum absolute atomic E-state index is 0.0180. The molecule has 9 nitrogen and oxygen atoms in total. The third-order valence-electron chi connectivity index (χ3n) is 9.14. The van der Waals surface area contributed by atoms with Gasteiger partial charge in [-0.1, -0.05) is 20.8 Å². The minimum Gasteiger partial charge on any atom is -0.351 e. The number of alkyl halides is 5. The number of hydrogen-bond acceptors (Lipinski definition) is 5. The van der Waals surface area contributed by atoms with Gasteiger partial charge in [-0.25, -0.2) is 8.78 Å². The highest BCUT2D eigenvalue weighted by Gasteiger charge is 2.71. The zero-order valence-electron chi connectivity index (χ0n) is 22.9. The van der Waals surface area contributed by atoms with E-state index in [0.717, 1.165) is 4.90 Å². The van der Waals surface area contributed by atoms with Crippen molar-refractivity contribution >= 4 is 23.6 Å². The average Bonchev–Trinajstić information content (AvgIpc) is 3.08. The average molecular weight is 576 g/mol. The molecule has 0 aromatic rings. The van der Waals surface area contributed by atoms with E-state index in [1.54, 1.807) is 5.32 Å². The van der Waals surface area contributed by atoms with Crippen LogP contribution < -0.4 is 16.0 Å². The molecule has 3 N–H and O–H groups in total. The number of nitrogens with zero attached hydrogens (tertiary/aromatic N) is 2. The van der Waals surface area contributed by atoms with Gasteiger partial charge in [0.05, 0.1) is 6.07 Å². The van der Waals surface area contributed by atoms with Crippen LogP contribution in [0.25, 0.3) is 0 Å². The molecule has 4 aliphatic rings. The van der Waals surface area contributed by atoms with Crippen LogP contribution in [0.4, 0.5) is 22.0 Å². The number of nitriles is 1. The molecule has 0 spiro atoms. The Bertz CT molecular complexity index is 1160. The first-order valence-electron chi connectivity index (χ1n) is 13.2. The summed E-state index contributed by atoms with van der Waals surface area (Å²) in [5.74, 6) is -8.78. The Hall–Kier alpha value is -2.98. The molecule has 0 aromatic heterocycles. The SMILES string of the molecule is CC1(C)C[C@@H](C[C@@H](C#N)NC(=O)[C@@H]2[C@@H]3[C@H](CN2C(=O)[C@@H](NC(=O)C(F)(F)F)C2(C)CC(F)(F)C2)C3(C)C)C(=O)N1. The highest BCUT2D eigenvalue weighted by molar-refractivity contribution is 5.95. The fraction of sp³-hybridized carbons (Fsp3) is 0.808. The molecule has 4 fully saturated rings. The van der Waals surface area contributed by atoms with Crippen molar-refractivity contribution in [3.8, 4) is 6.07 Å². The molecular weight excluding hydrogens is 541 g/mol. The van der Waals surface area contributed by atoms with Gasteiger partial charge >= 0.3 is 12.1 Å². The van der Waals surface area contributed by atoms with Gasteiger partial charge in [0.25, 0.3) is 0 Å². The van der Waals surface area contributed by atoms with Gasteiger partial charge in [-0.3, -0.25) is 19.2 Å². The molecule has 222 valence electrons. The van der Waals surface area contributed by atoms with E-state index in [2.05, 4.69) is 10.6 Å². The van der Waals surface area contributed by atoms with E-state index in [9.17, 15) is 46.4 Å². The molecule has 2 saturated heterocycles. The molecule has 14 heteroatoms. The molecule has 0 bridgehead atoms. The lowest BCUT2D eigenvalue weighted by Gasteiger charge is -2.50. The fourth-order valence-corrected chi connectivity index (χ4v) is 7.13. The molecule has 40 heavy (non-hydrogen) atoms. The summed E-state index contributed by atoms with van der Waals surface area (Å²) in [5.41, 5.74) is -2.53. The second kappa shape index (κ2) is 9.27. The van der Waals surface area contributed by atoms with Crippen LogP contribution >= 0.6 is 0 Å². The first kappa shape index (κ1) is 30.0. The molecule has 4 rings (SSSR count). The fourth-order valence-electron chi connectivity index (χ4n) is 7.13. The van der Waals surface area contributed by atoms with Crippen LogP contribution in [0.1, 0.15) is 60.3 Å². The van der Waals surface area contributed by atoms with E-state index in [4.69, 9.17) is 0 Å². The van der Waals surface area contributed by atoms with Gasteiger partial charge in [0.2, 0.25) is 23.6 Å². The van der Waals surface area contributed by atoms with Gasteiger partial charge in [-0.05, 0) is 43.9 Å². The Kier molecular flexibility index (Phi) is 6.95. The molecular formula is C26H34F5N5O4. The number of halogens is 5. The Morgan fingerprint density at radius 1 is 1.12 bits per heavy atom. The zero-order chi connectivity index (χ0) is 30.2. The van der Waals surface area contributed by atoms with Crippen molar-refractivity contribution in [2.75, 3.05) is 6.54 Å². The minimum atomic E-state index is -5.35. The maximum Gasteiger partial charge on any atom is 0.471 e. The summed E-state index contributed by atoms with van der Waals surface area (Å²) in [6.45, 7) is 8.58. The molecule has 2 aliphatic heterocycles. The number of fused-ring (bicyclic) bond motifs is 1. The first-order valence-corrected chi connectivity index (χ1v) is 13.2. The predicted molar refractivity (Wildman–Crippen MR) is 129 cm³/mol. The summed E-state index contributed by atoms with van der Waals surface area (Å²) in [5, 5.41) is 16.7. The third-order valence-corrected chi connectivity index (χ3v) is 9.14. The van der Waals surface area contributed by atoms with Crippen LogP contribution in [0, 0.1) is 39.9 Å². The third kappa shape index (κ3) is 5.35. The molecule has 2 saturated carbocycles. The van der Waals surface area contributed by atoms with E-state index in [1.165, 1.54) is 6.92 Å². The standard InChI is InChI=1S/C26H34F5N5O4/c1-22(2)7-12(18(37)35-22)6-13(8-32)33-19(38)16-15-14(23(15,3)4)9-36(16)20(39)17(34-21(40)26(29,30)31)24(5)10-25(27,28)11-24/h12-17H,6-7,9-11H2,1-5H3,(H,33,38)(H,34,40)(H,35,37)/t12-,13+,14+,15+,16+,17-/m1/s1. The number of piperidine rings is 1. The van der Waals surface area contributed by atoms with Crippen molar-refractivity contribution in [3.05, 3.63) is 0 Å². The van der Waals surface area contributed by atoms with E-state index >= 15 is 0 Å². The molecule has 2 heterocycles. The topological polar surface area (TPSA) is 131 Å². The van der Waals surface area contributed by atoms with Crippen molar-refractivity contribution in [2.24, 2.45) is 28.6 Å². The first-order chi connectivity index (χ1) is 18.1. The van der Waals surface area contributed by atoms with E-state index in [1.807, 2.05) is 33.8 Å². The molecule has 0 unspecified atom stereocenters. The Balaban J connectivity index is 1.56. The smallest absolute Gasteiger partial charge is 0.351 e. The lowest BCUT2D eigenvalue weighted by atomic mass is 9.62. The molecule has 0 radical (unpaired) electrons. The zero-order valence-corrected chi connectivity index (χ0v) is 22.9. The predicted octanol–water partition coefficient (Wildman–Crippen LogP) is 2.27. The van der Waals surface area contributed by atoms with Crippen LogP contribution in [-0.2, 0) is 19.2 Å². The van der Waals surface area contributed by atoms with Gasteiger partial charge in [0, 0.05) is 36.3 Å². The summed E-state index contributed by atoms with van der Waals surface area (Å²) in [4.78, 5) is 52.4. The maximum absolute atomic E-state index is 13.8. The lowest BCUT2D eigenvalue weighted by molar-refractivity contribution is -0.189. The number of likely N-dealkylation sites (tertiary alicyclic amines) is 1. The van der Waals surface area contributed by atoms with Crippen LogP contribution in [-0.4, -0.2) is 70.8 Å². The molecule has 0 aromatic carbocycles. The highest BCUT2D eigenvalue weighted by atomic mass is 19.4. The van der Waals surface area contributed by atoms with Crippen molar-refractivity contribution in [1.29, 1.82) is 5.26 Å². The lowest BCUT2D eigenvalue weighted by Crippen LogP contribution is -2.66. The van der Waals surface area contributed by atoms with Crippen molar-refractivity contribution in [2.45, 2.75) is 96.1 Å². The Morgan fingerprint density at radius 3 is 2.20 bits per heavy atom. The van der Waals surface area contributed by atoms with Crippen LogP contribution in [0.3, 0.4) is 0 Å². The summed E-state index contributed by atoms with van der Waals surface area (Å²) in [6, 6.07) is -2.25. The summed E-state index contributed by atoms with van der Waals surface area (Å²) >= 11 is 0. The van der Waals surface area contributed by atoms with Crippen LogP contribution in [0.5, 0.6) is 0 Å². The van der Waals surface area contributed by atoms with E-state index in [0.29, 0.717) is 6.42 Å². The second-order valence-corrected chi connectivity index (χ2v) is 13.4. The summed E-state index contributed by atoms with van der Waals surface area (Å²) < 4.78 is 67.0. The van der Waals surface area contributed by atoms with E-state index < -0.39 is 83.1 Å². The van der Waals surface area contributed by atoms with Gasteiger partial charge in [-0.15, -0.1) is 0 Å². The second-order valence-electron chi connectivity index (χ2n) is 13.4. The van der Waals surface area contributed by atoms with E-state index in [-0.39, 0.29) is 30.7 Å². The normalized spacial score (nSPS) is 32.0. The molecule has 4 amide bonds. The summed E-state index contributed by atoms with van der Waals surface area (Å²) in [6.07, 6.45) is -6.71. The van der Waals surface area contributed by atoms with Gasteiger partial charge in [-0.2, -0.15) is 18.4 Å². The van der Waals surface area contributed by atoms with Gasteiger partial charge < -0.3 is 20.9 Å². The highest BCUT2D eigenvalue weighted by Crippen LogP contribution is 2.65. The van der Waals surface area contributed by atoms with Gasteiger partial charge in [0.15, 0.2) is 0 Å².